The van der Waals surface area contributed by atoms with Crippen molar-refractivity contribution in [3.63, 3.8) is 0 Å². The van der Waals surface area contributed by atoms with Gasteiger partial charge in [-0.3, -0.25) is 14.2 Å². The predicted molar refractivity (Wildman–Crippen MR) is 104 cm³/mol. The largest absolute Gasteiger partial charge is 0.448 e. The van der Waals surface area contributed by atoms with Crippen molar-refractivity contribution in [2.24, 2.45) is 0 Å². The summed E-state index contributed by atoms with van der Waals surface area (Å²) in [7, 11) is 0. The van der Waals surface area contributed by atoms with E-state index >= 15 is 0 Å². The molecule has 5 rings (SSSR count). The molecule has 138 valence electrons. The summed E-state index contributed by atoms with van der Waals surface area (Å²) in [6.45, 7) is 0.0849. The summed E-state index contributed by atoms with van der Waals surface area (Å²) in [5.41, 5.74) is 2.59. The average Bonchev–Trinajstić information content (AvgIpc) is 3.30. The van der Waals surface area contributed by atoms with Crippen molar-refractivity contribution in [2.45, 2.75) is 13.1 Å². The first-order valence-electron chi connectivity index (χ1n) is 8.76. The minimum Gasteiger partial charge on any atom is -0.448 e. The second kappa shape index (κ2) is 6.34. The Morgan fingerprint density at radius 2 is 1.96 bits per heavy atom. The van der Waals surface area contributed by atoms with E-state index in [1.807, 2.05) is 42.5 Å². The third-order valence-electron chi connectivity index (χ3n) is 4.56. The summed E-state index contributed by atoms with van der Waals surface area (Å²) in [5, 5.41) is 3.53. The molecule has 3 heterocycles. The number of nitrogens with one attached hydrogen (secondary N) is 2. The molecule has 8 nitrogen and oxygen atoms in total. The third-order valence-corrected chi connectivity index (χ3v) is 4.56. The molecule has 0 atom stereocenters. The Hall–Kier alpha value is -3.94. The maximum absolute atomic E-state index is 12.7. The zero-order valence-electron chi connectivity index (χ0n) is 14.7. The van der Waals surface area contributed by atoms with Crippen LogP contribution >= 0.6 is 0 Å². The number of rotatable bonds is 4. The number of benzene rings is 2. The van der Waals surface area contributed by atoms with Crippen LogP contribution in [0.15, 0.2) is 64.1 Å². The summed E-state index contributed by atoms with van der Waals surface area (Å²) >= 11 is 0. The van der Waals surface area contributed by atoms with Crippen LogP contribution in [0.3, 0.4) is 0 Å². The molecule has 2 aromatic carbocycles. The zero-order valence-corrected chi connectivity index (χ0v) is 14.7. The highest BCUT2D eigenvalue weighted by atomic mass is 16.3. The van der Waals surface area contributed by atoms with Crippen LogP contribution in [-0.2, 0) is 17.9 Å². The number of aromatic amines is 1. The molecule has 0 aliphatic heterocycles. The second-order valence-corrected chi connectivity index (χ2v) is 6.43. The molecule has 8 heteroatoms. The lowest BCUT2D eigenvalue weighted by molar-refractivity contribution is -0.121. The van der Waals surface area contributed by atoms with Gasteiger partial charge in [0.1, 0.15) is 23.5 Å². The molecular formula is C20H15N5O3. The highest BCUT2D eigenvalue weighted by molar-refractivity contribution is 6.01. The summed E-state index contributed by atoms with van der Waals surface area (Å²) in [5.74, 6) is 0.326. The maximum atomic E-state index is 12.7. The van der Waals surface area contributed by atoms with Crippen LogP contribution in [0.2, 0.25) is 0 Å². The highest BCUT2D eigenvalue weighted by Gasteiger charge is 2.14. The molecule has 0 bridgehead atoms. The lowest BCUT2D eigenvalue weighted by Gasteiger charge is -2.05. The molecular weight excluding hydrogens is 358 g/mol. The van der Waals surface area contributed by atoms with Gasteiger partial charge in [-0.05, 0) is 24.3 Å². The Morgan fingerprint density at radius 3 is 2.86 bits per heavy atom. The SMILES string of the molecule is O=C(Cn1cnc2c(oc3ccccc32)c1=O)NCc1nc2ccccc2[nH]1. The zero-order chi connectivity index (χ0) is 19.1. The number of carbonyl (C=O) groups excluding carboxylic acids is 1. The van der Waals surface area contributed by atoms with Crippen molar-refractivity contribution in [1.82, 2.24) is 24.8 Å². The van der Waals surface area contributed by atoms with Crippen LogP contribution in [0.5, 0.6) is 0 Å². The van der Waals surface area contributed by atoms with Crippen LogP contribution < -0.4 is 10.9 Å². The standard InChI is InChI=1S/C20H15N5O3/c26-17(21-9-16-23-13-6-2-3-7-14(13)24-16)10-25-11-22-18-12-5-1-4-8-15(12)28-19(18)20(25)27/h1-8,11H,9-10H2,(H,21,26)(H,23,24). The van der Waals surface area contributed by atoms with Gasteiger partial charge < -0.3 is 14.7 Å². The fourth-order valence-electron chi connectivity index (χ4n) is 3.21. The second-order valence-electron chi connectivity index (χ2n) is 6.43. The summed E-state index contributed by atoms with van der Waals surface area (Å²) in [6, 6.07) is 14.9. The Labute approximate surface area is 157 Å². The van der Waals surface area contributed by atoms with E-state index in [4.69, 9.17) is 4.42 Å². The number of amides is 1. The molecule has 0 aliphatic rings. The maximum Gasteiger partial charge on any atom is 0.297 e. The van der Waals surface area contributed by atoms with E-state index in [1.165, 1.54) is 10.9 Å². The fourth-order valence-corrected chi connectivity index (χ4v) is 3.21. The van der Waals surface area contributed by atoms with E-state index < -0.39 is 0 Å². The molecule has 0 saturated carbocycles. The topological polar surface area (TPSA) is 106 Å². The van der Waals surface area contributed by atoms with Crippen LogP contribution in [0.4, 0.5) is 0 Å². The summed E-state index contributed by atoms with van der Waals surface area (Å²) in [6.07, 6.45) is 1.37. The Morgan fingerprint density at radius 1 is 1.14 bits per heavy atom. The first-order chi connectivity index (χ1) is 13.7. The van der Waals surface area contributed by atoms with Crippen LogP contribution in [0.25, 0.3) is 33.1 Å². The number of H-pyrrole nitrogens is 1. The van der Waals surface area contributed by atoms with Crippen molar-refractivity contribution >= 4 is 39.0 Å². The summed E-state index contributed by atoms with van der Waals surface area (Å²) in [4.78, 5) is 36.8. The van der Waals surface area contributed by atoms with E-state index in [0.717, 1.165) is 16.4 Å². The van der Waals surface area contributed by atoms with E-state index in [1.54, 1.807) is 6.07 Å². The fraction of sp³-hybridized carbons (Fsp3) is 0.100. The molecule has 3 aromatic heterocycles. The number of imidazole rings is 1. The average molecular weight is 373 g/mol. The third kappa shape index (κ3) is 2.71. The molecule has 1 amide bonds. The molecule has 2 N–H and O–H groups in total. The minimum absolute atomic E-state index is 0.147. The number of hydrogen-bond donors (Lipinski definition) is 2. The first-order valence-corrected chi connectivity index (χ1v) is 8.76. The van der Waals surface area contributed by atoms with Gasteiger partial charge in [-0.1, -0.05) is 24.3 Å². The molecule has 28 heavy (non-hydrogen) atoms. The molecule has 0 saturated heterocycles. The molecule has 0 spiro atoms. The lowest BCUT2D eigenvalue weighted by atomic mass is 10.2. The summed E-state index contributed by atoms with van der Waals surface area (Å²) < 4.78 is 6.86. The smallest absolute Gasteiger partial charge is 0.297 e. The van der Waals surface area contributed by atoms with E-state index in [0.29, 0.717) is 16.9 Å². The molecule has 5 aromatic rings. The van der Waals surface area contributed by atoms with Gasteiger partial charge in [-0.2, -0.15) is 0 Å². The Bertz CT molecular complexity index is 1360. The minimum atomic E-state index is -0.389. The highest BCUT2D eigenvalue weighted by Crippen LogP contribution is 2.23. The van der Waals surface area contributed by atoms with Gasteiger partial charge in [0.05, 0.1) is 23.9 Å². The van der Waals surface area contributed by atoms with Crippen molar-refractivity contribution in [1.29, 1.82) is 0 Å². The number of carbonyl (C=O) groups is 1. The van der Waals surface area contributed by atoms with Crippen molar-refractivity contribution in [3.05, 3.63) is 71.0 Å². The van der Waals surface area contributed by atoms with Crippen molar-refractivity contribution < 1.29 is 9.21 Å². The Balaban J connectivity index is 1.35. The lowest BCUT2D eigenvalue weighted by Crippen LogP contribution is -2.32. The van der Waals surface area contributed by atoms with Crippen molar-refractivity contribution in [2.75, 3.05) is 0 Å². The quantitative estimate of drug-likeness (QED) is 0.503. The van der Waals surface area contributed by atoms with Gasteiger partial charge >= 0.3 is 0 Å². The number of para-hydroxylation sites is 3. The van der Waals surface area contributed by atoms with E-state index in [9.17, 15) is 9.59 Å². The van der Waals surface area contributed by atoms with Crippen LogP contribution in [0, 0.1) is 0 Å². The monoisotopic (exact) mass is 373 g/mol. The van der Waals surface area contributed by atoms with Crippen molar-refractivity contribution in [3.8, 4) is 0 Å². The van der Waals surface area contributed by atoms with Crippen LogP contribution in [0.1, 0.15) is 5.82 Å². The van der Waals surface area contributed by atoms with E-state index in [2.05, 4.69) is 20.3 Å². The van der Waals surface area contributed by atoms with Gasteiger partial charge in [0.2, 0.25) is 11.5 Å². The predicted octanol–water partition coefficient (Wildman–Crippen LogP) is 2.34. The van der Waals surface area contributed by atoms with Gasteiger partial charge in [0.15, 0.2) is 0 Å². The van der Waals surface area contributed by atoms with Gasteiger partial charge in [-0.15, -0.1) is 0 Å². The van der Waals surface area contributed by atoms with E-state index in [-0.39, 0.29) is 30.1 Å². The van der Waals surface area contributed by atoms with Gasteiger partial charge in [0.25, 0.3) is 5.56 Å². The molecule has 0 radical (unpaired) electrons. The molecule has 0 unspecified atom stereocenters. The number of nitrogens with zero attached hydrogens (tertiary/aromatic N) is 3. The molecule has 0 fully saturated rings. The number of furan rings is 1. The Kier molecular flexibility index (Phi) is 3.68. The van der Waals surface area contributed by atoms with Crippen LogP contribution in [-0.4, -0.2) is 25.4 Å². The molecule has 0 aliphatic carbocycles. The number of aromatic nitrogens is 4. The normalized spacial score (nSPS) is 11.4. The van der Waals surface area contributed by atoms with Gasteiger partial charge in [-0.25, -0.2) is 9.97 Å². The number of hydrogen-bond acceptors (Lipinski definition) is 5. The first kappa shape index (κ1) is 16.2. The number of fused-ring (bicyclic) bond motifs is 4. The van der Waals surface area contributed by atoms with Gasteiger partial charge in [0, 0.05) is 5.39 Å².